The minimum Gasteiger partial charge on any atom is -0.350 e. The maximum absolute atomic E-state index is 13.1. The van der Waals surface area contributed by atoms with Crippen LogP contribution < -0.4 is 5.32 Å². The van der Waals surface area contributed by atoms with Crippen molar-refractivity contribution in [3.63, 3.8) is 0 Å². The number of hydrogen-bond acceptors (Lipinski definition) is 3. The molecular weight excluding hydrogens is 454 g/mol. The number of carbonyl (C=O) groups is 1. The maximum Gasteiger partial charge on any atom is 0.269 e. The van der Waals surface area contributed by atoms with Crippen molar-refractivity contribution >= 4 is 5.91 Å². The molecule has 0 bridgehead atoms. The molecule has 5 rings (SSSR count). The first-order valence-electron chi connectivity index (χ1n) is 13.7. The number of carbonyl (C=O) groups excluding carboxylic acids is 1. The van der Waals surface area contributed by atoms with Crippen molar-refractivity contribution in [2.75, 3.05) is 6.54 Å². The fourth-order valence-electron chi connectivity index (χ4n) is 7.30. The van der Waals surface area contributed by atoms with Gasteiger partial charge in [-0.05, 0) is 101 Å². The van der Waals surface area contributed by atoms with Crippen LogP contribution in [0.2, 0.25) is 0 Å². The molecule has 0 aliphatic heterocycles. The van der Waals surface area contributed by atoms with Crippen LogP contribution in [-0.2, 0) is 18.3 Å². The van der Waals surface area contributed by atoms with E-state index in [2.05, 4.69) is 61.4 Å². The number of amides is 1. The first kappa shape index (κ1) is 25.2. The van der Waals surface area contributed by atoms with Gasteiger partial charge >= 0.3 is 0 Å². The van der Waals surface area contributed by atoms with Crippen LogP contribution in [0.1, 0.15) is 90.7 Å². The molecule has 1 N–H and O–H groups in total. The summed E-state index contributed by atoms with van der Waals surface area (Å²) in [5.41, 5.74) is 6.71. The lowest BCUT2D eigenvalue weighted by atomic mass is 9.48. The van der Waals surface area contributed by atoms with Gasteiger partial charge in [0, 0.05) is 12.7 Å². The highest BCUT2D eigenvalue weighted by Crippen LogP contribution is 2.58. The molecule has 37 heavy (non-hydrogen) atoms. The van der Waals surface area contributed by atoms with Crippen LogP contribution in [0.15, 0.2) is 66.9 Å². The lowest BCUT2D eigenvalue weighted by Gasteiger charge is -2.57. The summed E-state index contributed by atoms with van der Waals surface area (Å²) < 4.78 is 0. The second-order valence-corrected chi connectivity index (χ2v) is 11.7. The molecule has 1 aromatic heterocycles. The molecule has 0 unspecified atom stereocenters. The Kier molecular flexibility index (Phi) is 6.90. The van der Waals surface area contributed by atoms with Crippen LogP contribution in [0, 0.1) is 22.7 Å². The zero-order valence-electron chi connectivity index (χ0n) is 22.3. The van der Waals surface area contributed by atoms with Gasteiger partial charge in [0.25, 0.3) is 5.91 Å². The topological polar surface area (TPSA) is 65.8 Å². The minimum atomic E-state index is -0.115. The summed E-state index contributed by atoms with van der Waals surface area (Å²) in [7, 11) is 0. The van der Waals surface area contributed by atoms with Gasteiger partial charge in [-0.25, -0.2) is 0 Å². The van der Waals surface area contributed by atoms with Gasteiger partial charge in [0.1, 0.15) is 5.69 Å². The number of nitrogens with one attached hydrogen (secondary N) is 1. The first-order chi connectivity index (χ1) is 17.8. The lowest BCUT2D eigenvalue weighted by molar-refractivity contribution is 0.0111. The van der Waals surface area contributed by atoms with Crippen molar-refractivity contribution in [1.29, 1.82) is 5.26 Å². The van der Waals surface area contributed by atoms with Gasteiger partial charge in [0.2, 0.25) is 0 Å². The Bertz CT molecular complexity index is 1320. The van der Waals surface area contributed by atoms with Gasteiger partial charge in [-0.15, -0.1) is 0 Å². The van der Waals surface area contributed by atoms with E-state index in [0.717, 1.165) is 32.1 Å². The second-order valence-electron chi connectivity index (χ2n) is 11.7. The van der Waals surface area contributed by atoms with Crippen LogP contribution in [0.25, 0.3) is 0 Å². The van der Waals surface area contributed by atoms with E-state index in [-0.39, 0.29) is 16.7 Å². The molecule has 2 aromatic carbocycles. The van der Waals surface area contributed by atoms with E-state index in [9.17, 15) is 10.1 Å². The third-order valence-electron chi connectivity index (χ3n) is 9.10. The van der Waals surface area contributed by atoms with Crippen molar-refractivity contribution in [3.05, 3.63) is 100 Å². The van der Waals surface area contributed by atoms with Crippen molar-refractivity contribution in [2.45, 2.75) is 70.6 Å². The first-order valence-corrected chi connectivity index (χ1v) is 13.7. The Morgan fingerprint density at radius 3 is 2.76 bits per heavy atom. The molecule has 0 saturated heterocycles. The lowest BCUT2D eigenvalue weighted by Crippen LogP contribution is -2.55. The zero-order chi connectivity index (χ0) is 26.0. The van der Waals surface area contributed by atoms with Crippen molar-refractivity contribution in [2.24, 2.45) is 11.3 Å². The standard InChI is InChI=1S/C33H37N3O/c1-23(2)26-11-13-28-27(19-26)12-14-30-32(28,3)15-7-16-33(30,20-24-8-6-9-25(18-24)21-34)22-36-31(37)29-10-4-5-17-35-29/h4-6,8-11,13,17-19,23,30H,7,12,14-16,20,22H2,1-3H3,(H,36,37)/t30-,32-,33-/m1/s1. The Balaban J connectivity index is 1.53. The third-order valence-corrected chi connectivity index (χ3v) is 9.10. The summed E-state index contributed by atoms with van der Waals surface area (Å²) in [4.78, 5) is 17.4. The van der Waals surface area contributed by atoms with Crippen molar-refractivity contribution < 1.29 is 4.79 Å². The second kappa shape index (κ2) is 10.1. The average molecular weight is 492 g/mol. The van der Waals surface area contributed by atoms with E-state index in [1.165, 1.54) is 28.7 Å². The normalized spacial score (nSPS) is 24.6. The molecule has 1 heterocycles. The molecule has 3 atom stereocenters. The van der Waals surface area contributed by atoms with Crippen LogP contribution in [0.5, 0.6) is 0 Å². The zero-order valence-corrected chi connectivity index (χ0v) is 22.3. The quantitative estimate of drug-likeness (QED) is 0.415. The monoisotopic (exact) mass is 491 g/mol. The van der Waals surface area contributed by atoms with E-state index in [4.69, 9.17) is 0 Å². The number of nitrogens with zero attached hydrogens (tertiary/aromatic N) is 2. The number of nitriles is 1. The number of hydrogen-bond donors (Lipinski definition) is 1. The molecule has 3 aromatic rings. The predicted molar refractivity (Wildman–Crippen MR) is 147 cm³/mol. The number of pyridine rings is 1. The molecule has 190 valence electrons. The molecule has 1 saturated carbocycles. The van der Waals surface area contributed by atoms with E-state index in [1.807, 2.05) is 30.3 Å². The summed E-state index contributed by atoms with van der Waals surface area (Å²) in [5.74, 6) is 0.840. The number of aryl methyl sites for hydroxylation is 1. The summed E-state index contributed by atoms with van der Waals surface area (Å²) in [6, 6.07) is 22.9. The molecule has 2 aliphatic carbocycles. The van der Waals surface area contributed by atoms with Crippen LogP contribution in [0.4, 0.5) is 0 Å². The summed E-state index contributed by atoms with van der Waals surface area (Å²) >= 11 is 0. The highest BCUT2D eigenvalue weighted by Gasteiger charge is 2.53. The number of fused-ring (bicyclic) bond motifs is 3. The van der Waals surface area contributed by atoms with Crippen LogP contribution >= 0.6 is 0 Å². The molecule has 0 spiro atoms. The molecule has 1 amide bonds. The number of rotatable bonds is 6. The van der Waals surface area contributed by atoms with Gasteiger partial charge in [-0.1, -0.05) is 63.6 Å². The van der Waals surface area contributed by atoms with Crippen molar-refractivity contribution in [3.8, 4) is 6.07 Å². The van der Waals surface area contributed by atoms with Crippen LogP contribution in [-0.4, -0.2) is 17.4 Å². The Hall–Kier alpha value is -3.45. The Morgan fingerprint density at radius 1 is 1.14 bits per heavy atom. The fourth-order valence-corrected chi connectivity index (χ4v) is 7.30. The highest BCUT2D eigenvalue weighted by atomic mass is 16.1. The summed E-state index contributed by atoms with van der Waals surface area (Å²) in [6.07, 6.45) is 8.05. The van der Waals surface area contributed by atoms with E-state index >= 15 is 0 Å². The minimum absolute atomic E-state index is 0.0594. The summed E-state index contributed by atoms with van der Waals surface area (Å²) in [6.45, 7) is 7.60. The largest absolute Gasteiger partial charge is 0.350 e. The van der Waals surface area contributed by atoms with Crippen molar-refractivity contribution in [1.82, 2.24) is 10.3 Å². The van der Waals surface area contributed by atoms with Gasteiger partial charge in [0.05, 0.1) is 11.6 Å². The average Bonchev–Trinajstić information content (AvgIpc) is 2.92. The van der Waals surface area contributed by atoms with Gasteiger partial charge in [-0.3, -0.25) is 9.78 Å². The smallest absolute Gasteiger partial charge is 0.269 e. The Labute approximate surface area is 221 Å². The highest BCUT2D eigenvalue weighted by molar-refractivity contribution is 5.92. The molecule has 4 heteroatoms. The molecular formula is C33H37N3O. The molecule has 0 radical (unpaired) electrons. The molecule has 4 nitrogen and oxygen atoms in total. The van der Waals surface area contributed by atoms with Gasteiger partial charge in [-0.2, -0.15) is 5.26 Å². The summed E-state index contributed by atoms with van der Waals surface area (Å²) in [5, 5.41) is 12.8. The predicted octanol–water partition coefficient (Wildman–Crippen LogP) is 6.74. The SMILES string of the molecule is CC(C)c1ccc2c(c1)CC[C@H]1[C@@](CNC(=O)c3ccccn3)(Cc3cccc(C#N)c3)CCC[C@]21C. The number of aromatic nitrogens is 1. The maximum atomic E-state index is 13.1. The third kappa shape index (κ3) is 4.80. The van der Waals surface area contributed by atoms with Gasteiger partial charge < -0.3 is 5.32 Å². The van der Waals surface area contributed by atoms with E-state index < -0.39 is 0 Å². The molecule has 2 aliphatic rings. The number of benzene rings is 2. The fraction of sp³-hybridized carbons (Fsp3) is 0.424. The van der Waals surface area contributed by atoms with E-state index in [1.54, 1.807) is 12.3 Å². The van der Waals surface area contributed by atoms with E-state index in [0.29, 0.717) is 29.6 Å². The van der Waals surface area contributed by atoms with Crippen LogP contribution in [0.3, 0.4) is 0 Å². The Morgan fingerprint density at radius 2 is 2.00 bits per heavy atom. The molecule has 1 fully saturated rings. The van der Waals surface area contributed by atoms with Gasteiger partial charge in [0.15, 0.2) is 0 Å².